The first-order chi connectivity index (χ1) is 7.36. The molecule has 0 aliphatic carbocycles. The molecule has 0 aromatic heterocycles. The van der Waals surface area contributed by atoms with Crippen LogP contribution in [0.3, 0.4) is 0 Å². The Kier molecular flexibility index (Phi) is 3.65. The fourth-order valence-corrected chi connectivity index (χ4v) is 2.32. The highest BCUT2D eigenvalue weighted by atomic mass is 15.1. The number of anilines is 1. The van der Waals surface area contributed by atoms with Crippen molar-refractivity contribution in [2.75, 3.05) is 18.0 Å². The van der Waals surface area contributed by atoms with Gasteiger partial charge in [0.1, 0.15) is 0 Å². The van der Waals surface area contributed by atoms with Crippen LogP contribution in [0.4, 0.5) is 5.69 Å². The lowest BCUT2D eigenvalue weighted by molar-refractivity contribution is 0.438. The van der Waals surface area contributed by atoms with Crippen molar-refractivity contribution in [3.05, 3.63) is 30.3 Å². The Labute approximate surface area is 93.1 Å². The first kappa shape index (κ1) is 10.5. The molecule has 0 saturated carbocycles. The highest BCUT2D eigenvalue weighted by Gasteiger charge is 2.12. The zero-order valence-electron chi connectivity index (χ0n) is 9.65. The summed E-state index contributed by atoms with van der Waals surface area (Å²) in [4.78, 5) is 2.54. The summed E-state index contributed by atoms with van der Waals surface area (Å²) in [5, 5.41) is 0. The van der Waals surface area contributed by atoms with E-state index in [2.05, 4.69) is 42.2 Å². The number of hydrogen-bond donors (Lipinski definition) is 0. The van der Waals surface area contributed by atoms with Crippen molar-refractivity contribution in [1.29, 1.82) is 0 Å². The van der Waals surface area contributed by atoms with Gasteiger partial charge in [0.25, 0.3) is 0 Å². The number of rotatable bonds is 1. The second-order valence-electron chi connectivity index (χ2n) is 4.71. The van der Waals surface area contributed by atoms with Crippen LogP contribution in [0.15, 0.2) is 30.3 Å². The van der Waals surface area contributed by atoms with Gasteiger partial charge in [0.15, 0.2) is 0 Å². The zero-order chi connectivity index (χ0) is 10.5. The molecule has 0 bridgehead atoms. The fourth-order valence-electron chi connectivity index (χ4n) is 2.32. The minimum atomic E-state index is 0.900. The van der Waals surface area contributed by atoms with Gasteiger partial charge in [-0.15, -0.1) is 0 Å². The third kappa shape index (κ3) is 2.98. The summed E-state index contributed by atoms with van der Waals surface area (Å²) in [5.74, 6) is 0.900. The molecule has 0 amide bonds. The molecule has 0 radical (unpaired) electrons. The second-order valence-corrected chi connectivity index (χ2v) is 4.71. The molecule has 1 fully saturated rings. The number of para-hydroxylation sites is 1. The molecule has 1 aliphatic rings. The van der Waals surface area contributed by atoms with Crippen LogP contribution >= 0.6 is 0 Å². The van der Waals surface area contributed by atoms with Crippen LogP contribution in [0.25, 0.3) is 0 Å². The van der Waals surface area contributed by atoms with Gasteiger partial charge in [-0.1, -0.05) is 38.0 Å². The second kappa shape index (κ2) is 5.20. The van der Waals surface area contributed by atoms with E-state index in [9.17, 15) is 0 Å². The van der Waals surface area contributed by atoms with Crippen molar-refractivity contribution >= 4 is 5.69 Å². The number of hydrogen-bond acceptors (Lipinski definition) is 1. The summed E-state index contributed by atoms with van der Waals surface area (Å²) in [6.45, 7) is 4.84. The van der Waals surface area contributed by atoms with Crippen LogP contribution in [0, 0.1) is 5.92 Å². The van der Waals surface area contributed by atoms with E-state index in [1.165, 1.54) is 44.5 Å². The first-order valence-electron chi connectivity index (χ1n) is 6.16. The fraction of sp³-hybridized carbons (Fsp3) is 0.571. The largest absolute Gasteiger partial charge is 0.372 e. The molecule has 1 aromatic carbocycles. The minimum absolute atomic E-state index is 0.900. The van der Waals surface area contributed by atoms with Crippen LogP contribution in [-0.4, -0.2) is 13.1 Å². The molecule has 1 saturated heterocycles. The van der Waals surface area contributed by atoms with Crippen LogP contribution in [-0.2, 0) is 0 Å². The van der Waals surface area contributed by atoms with Gasteiger partial charge in [-0.25, -0.2) is 0 Å². The standard InChI is InChI=1S/C14H21N/c1-13-7-5-6-11-15(12-10-13)14-8-3-2-4-9-14/h2-4,8-9,13H,5-7,10-12H2,1H3. The molecule has 0 spiro atoms. The quantitative estimate of drug-likeness (QED) is 0.672. The highest BCUT2D eigenvalue weighted by molar-refractivity contribution is 5.45. The summed E-state index contributed by atoms with van der Waals surface area (Å²) in [5.41, 5.74) is 1.40. The Morgan fingerprint density at radius 1 is 1.00 bits per heavy atom. The van der Waals surface area contributed by atoms with Gasteiger partial charge >= 0.3 is 0 Å². The number of nitrogens with zero attached hydrogens (tertiary/aromatic N) is 1. The monoisotopic (exact) mass is 203 g/mol. The maximum atomic E-state index is 2.54. The molecule has 1 aromatic rings. The van der Waals surface area contributed by atoms with Crippen molar-refractivity contribution in [3.8, 4) is 0 Å². The van der Waals surface area contributed by atoms with E-state index in [4.69, 9.17) is 0 Å². The van der Waals surface area contributed by atoms with Gasteiger partial charge in [0.05, 0.1) is 0 Å². The molecule has 15 heavy (non-hydrogen) atoms. The van der Waals surface area contributed by atoms with Crippen LogP contribution in [0.1, 0.15) is 32.6 Å². The summed E-state index contributed by atoms with van der Waals surface area (Å²) >= 11 is 0. The topological polar surface area (TPSA) is 3.24 Å². The average Bonchev–Trinajstić information content (AvgIpc) is 2.25. The van der Waals surface area contributed by atoms with E-state index in [-0.39, 0.29) is 0 Å². The smallest absolute Gasteiger partial charge is 0.0366 e. The van der Waals surface area contributed by atoms with Gasteiger partial charge in [-0.3, -0.25) is 0 Å². The molecule has 1 heteroatoms. The van der Waals surface area contributed by atoms with Gasteiger partial charge in [-0.05, 0) is 30.9 Å². The van der Waals surface area contributed by atoms with Crippen molar-refractivity contribution < 1.29 is 0 Å². The third-order valence-electron chi connectivity index (χ3n) is 3.39. The summed E-state index contributed by atoms with van der Waals surface area (Å²) in [6, 6.07) is 10.8. The lowest BCUT2D eigenvalue weighted by Gasteiger charge is -2.28. The Balaban J connectivity index is 2.01. The van der Waals surface area contributed by atoms with E-state index in [0.717, 1.165) is 5.92 Å². The first-order valence-corrected chi connectivity index (χ1v) is 6.16. The summed E-state index contributed by atoms with van der Waals surface area (Å²) in [6.07, 6.45) is 5.50. The normalized spacial score (nSPS) is 23.3. The molecule has 1 nitrogen and oxygen atoms in total. The lowest BCUT2D eigenvalue weighted by atomic mass is 9.98. The number of benzene rings is 1. The SMILES string of the molecule is CC1CCCCN(c2ccccc2)CC1. The predicted molar refractivity (Wildman–Crippen MR) is 66.3 cm³/mol. The molecular weight excluding hydrogens is 182 g/mol. The maximum Gasteiger partial charge on any atom is 0.0366 e. The highest BCUT2D eigenvalue weighted by Crippen LogP contribution is 2.21. The molecule has 1 heterocycles. The van der Waals surface area contributed by atoms with Crippen molar-refractivity contribution in [2.45, 2.75) is 32.6 Å². The Morgan fingerprint density at radius 2 is 1.80 bits per heavy atom. The minimum Gasteiger partial charge on any atom is -0.372 e. The molecule has 1 atom stereocenters. The lowest BCUT2D eigenvalue weighted by Crippen LogP contribution is -2.28. The van der Waals surface area contributed by atoms with E-state index >= 15 is 0 Å². The Hall–Kier alpha value is -0.980. The van der Waals surface area contributed by atoms with Crippen molar-refractivity contribution in [2.24, 2.45) is 5.92 Å². The van der Waals surface area contributed by atoms with Crippen molar-refractivity contribution in [1.82, 2.24) is 0 Å². The summed E-state index contributed by atoms with van der Waals surface area (Å²) < 4.78 is 0. The molecule has 0 N–H and O–H groups in total. The summed E-state index contributed by atoms with van der Waals surface area (Å²) in [7, 11) is 0. The van der Waals surface area contributed by atoms with Gasteiger partial charge in [0.2, 0.25) is 0 Å². The van der Waals surface area contributed by atoms with Gasteiger partial charge in [0, 0.05) is 18.8 Å². The van der Waals surface area contributed by atoms with E-state index in [1.54, 1.807) is 0 Å². The Bertz CT molecular complexity index is 281. The molecule has 1 unspecified atom stereocenters. The van der Waals surface area contributed by atoms with Crippen molar-refractivity contribution in [3.63, 3.8) is 0 Å². The van der Waals surface area contributed by atoms with Crippen LogP contribution in [0.5, 0.6) is 0 Å². The van der Waals surface area contributed by atoms with Gasteiger partial charge in [-0.2, -0.15) is 0 Å². The van der Waals surface area contributed by atoms with E-state index in [1.807, 2.05) is 0 Å². The van der Waals surface area contributed by atoms with E-state index in [0.29, 0.717) is 0 Å². The maximum absolute atomic E-state index is 2.54. The predicted octanol–water partition coefficient (Wildman–Crippen LogP) is 3.70. The third-order valence-corrected chi connectivity index (χ3v) is 3.39. The molecular formula is C14H21N. The van der Waals surface area contributed by atoms with E-state index < -0.39 is 0 Å². The average molecular weight is 203 g/mol. The Morgan fingerprint density at radius 3 is 2.60 bits per heavy atom. The van der Waals surface area contributed by atoms with Crippen LogP contribution < -0.4 is 4.90 Å². The van der Waals surface area contributed by atoms with Crippen LogP contribution in [0.2, 0.25) is 0 Å². The molecule has 82 valence electrons. The molecule has 1 aliphatic heterocycles. The molecule has 2 rings (SSSR count). The zero-order valence-corrected chi connectivity index (χ0v) is 9.65. The van der Waals surface area contributed by atoms with Gasteiger partial charge < -0.3 is 4.90 Å².